The van der Waals surface area contributed by atoms with Crippen LogP contribution in [0.2, 0.25) is 0 Å². The molecule has 4 unspecified atom stereocenters. The molecule has 1 N–H and O–H groups in total. The van der Waals surface area contributed by atoms with Crippen molar-refractivity contribution in [2.24, 2.45) is 23.7 Å². The SMILES string of the molecule is CC1CCC2CC(C(=O)O)C1C2. The molecule has 2 rings (SSSR count). The van der Waals surface area contributed by atoms with E-state index >= 15 is 0 Å². The molecule has 0 spiro atoms. The van der Waals surface area contributed by atoms with Gasteiger partial charge in [0.1, 0.15) is 0 Å². The van der Waals surface area contributed by atoms with E-state index in [-0.39, 0.29) is 5.92 Å². The second-order valence-corrected chi connectivity index (χ2v) is 4.50. The van der Waals surface area contributed by atoms with Crippen LogP contribution in [0.25, 0.3) is 0 Å². The molecule has 2 nitrogen and oxygen atoms in total. The molecule has 2 fully saturated rings. The van der Waals surface area contributed by atoms with E-state index in [4.69, 9.17) is 5.11 Å². The first kappa shape index (κ1) is 8.09. The van der Waals surface area contributed by atoms with Crippen LogP contribution in [0.15, 0.2) is 0 Å². The Bertz CT molecular complexity index is 200. The Balaban J connectivity index is 2.14. The number of fused-ring (bicyclic) bond motifs is 2. The minimum absolute atomic E-state index is 0.0208. The summed E-state index contributed by atoms with van der Waals surface area (Å²) >= 11 is 0. The zero-order chi connectivity index (χ0) is 8.72. The summed E-state index contributed by atoms with van der Waals surface area (Å²) < 4.78 is 0. The minimum Gasteiger partial charge on any atom is -0.481 e. The van der Waals surface area contributed by atoms with Gasteiger partial charge < -0.3 is 5.11 Å². The fraction of sp³-hybridized carbons (Fsp3) is 0.900. The van der Waals surface area contributed by atoms with Gasteiger partial charge in [0.2, 0.25) is 0 Å². The predicted octanol–water partition coefficient (Wildman–Crippen LogP) is 2.14. The molecule has 12 heavy (non-hydrogen) atoms. The number of hydrogen-bond donors (Lipinski definition) is 1. The highest BCUT2D eigenvalue weighted by Gasteiger charge is 2.44. The summed E-state index contributed by atoms with van der Waals surface area (Å²) in [5.74, 6) is 1.28. The van der Waals surface area contributed by atoms with Crippen LogP contribution < -0.4 is 0 Å². The van der Waals surface area contributed by atoms with Gasteiger partial charge in [0, 0.05) is 0 Å². The second-order valence-electron chi connectivity index (χ2n) is 4.50. The third-order valence-electron chi connectivity index (χ3n) is 3.79. The largest absolute Gasteiger partial charge is 0.481 e. The van der Waals surface area contributed by atoms with Crippen LogP contribution in [0.5, 0.6) is 0 Å². The smallest absolute Gasteiger partial charge is 0.306 e. The average molecular weight is 168 g/mol. The topological polar surface area (TPSA) is 37.3 Å². The van der Waals surface area contributed by atoms with Crippen LogP contribution in [0.1, 0.15) is 32.6 Å². The molecule has 2 heteroatoms. The number of carboxylic acid groups (broad SMARTS) is 1. The highest BCUT2D eigenvalue weighted by Crippen LogP contribution is 2.48. The minimum atomic E-state index is -0.559. The van der Waals surface area contributed by atoms with Crippen molar-refractivity contribution in [3.63, 3.8) is 0 Å². The quantitative estimate of drug-likeness (QED) is 0.651. The lowest BCUT2D eigenvalue weighted by atomic mass is 9.79. The van der Waals surface area contributed by atoms with E-state index in [0.717, 1.165) is 12.3 Å². The third kappa shape index (κ3) is 1.13. The van der Waals surface area contributed by atoms with Gasteiger partial charge >= 0.3 is 5.97 Å². The van der Waals surface area contributed by atoms with Crippen LogP contribution in [-0.2, 0) is 4.79 Å². The monoisotopic (exact) mass is 168 g/mol. The Labute approximate surface area is 73.0 Å². The molecule has 0 aromatic rings. The van der Waals surface area contributed by atoms with Crippen LogP contribution in [0.4, 0.5) is 0 Å². The normalized spacial score (nSPS) is 46.1. The predicted molar refractivity (Wildman–Crippen MR) is 45.7 cm³/mol. The summed E-state index contributed by atoms with van der Waals surface area (Å²) in [6, 6.07) is 0. The molecule has 0 aromatic heterocycles. The van der Waals surface area contributed by atoms with Crippen molar-refractivity contribution in [2.45, 2.75) is 32.6 Å². The molecular formula is C10H16O2. The van der Waals surface area contributed by atoms with Crippen molar-refractivity contribution in [1.29, 1.82) is 0 Å². The molecule has 68 valence electrons. The van der Waals surface area contributed by atoms with Crippen molar-refractivity contribution in [3.05, 3.63) is 0 Å². The molecule has 4 atom stereocenters. The molecule has 0 aromatic carbocycles. The van der Waals surface area contributed by atoms with E-state index in [2.05, 4.69) is 6.92 Å². The number of carbonyl (C=O) groups is 1. The summed E-state index contributed by atoms with van der Waals surface area (Å²) in [5, 5.41) is 8.98. The first-order valence-corrected chi connectivity index (χ1v) is 4.91. The highest BCUT2D eigenvalue weighted by atomic mass is 16.4. The van der Waals surface area contributed by atoms with Gasteiger partial charge in [-0.05, 0) is 30.6 Å². The number of rotatable bonds is 1. The molecule has 0 radical (unpaired) electrons. The summed E-state index contributed by atoms with van der Waals surface area (Å²) in [6.45, 7) is 2.21. The maximum atomic E-state index is 10.9. The molecule has 0 amide bonds. The number of hydrogen-bond acceptors (Lipinski definition) is 1. The molecule has 2 bridgehead atoms. The van der Waals surface area contributed by atoms with Gasteiger partial charge in [0.15, 0.2) is 0 Å². The van der Waals surface area contributed by atoms with E-state index in [0.29, 0.717) is 11.8 Å². The van der Waals surface area contributed by atoms with Gasteiger partial charge in [-0.1, -0.05) is 19.8 Å². The van der Waals surface area contributed by atoms with E-state index in [1.807, 2.05) is 0 Å². The van der Waals surface area contributed by atoms with Crippen molar-refractivity contribution >= 4 is 5.97 Å². The van der Waals surface area contributed by atoms with Gasteiger partial charge in [-0.3, -0.25) is 4.79 Å². The van der Waals surface area contributed by atoms with Crippen molar-refractivity contribution in [1.82, 2.24) is 0 Å². The lowest BCUT2D eigenvalue weighted by Crippen LogP contribution is -2.24. The van der Waals surface area contributed by atoms with Gasteiger partial charge in [-0.25, -0.2) is 0 Å². The van der Waals surface area contributed by atoms with E-state index in [1.54, 1.807) is 0 Å². The average Bonchev–Trinajstić information content (AvgIpc) is 2.37. The van der Waals surface area contributed by atoms with Crippen LogP contribution >= 0.6 is 0 Å². The van der Waals surface area contributed by atoms with Gasteiger partial charge in [0.05, 0.1) is 5.92 Å². The second kappa shape index (κ2) is 2.75. The highest BCUT2D eigenvalue weighted by molar-refractivity contribution is 5.70. The maximum absolute atomic E-state index is 10.9. The Morgan fingerprint density at radius 2 is 2.08 bits per heavy atom. The molecule has 2 aliphatic rings. The maximum Gasteiger partial charge on any atom is 0.306 e. The molecule has 2 saturated carbocycles. The van der Waals surface area contributed by atoms with Gasteiger partial charge in [-0.15, -0.1) is 0 Å². The Kier molecular flexibility index (Phi) is 1.85. The molecular weight excluding hydrogens is 152 g/mol. The zero-order valence-electron chi connectivity index (χ0n) is 7.49. The Morgan fingerprint density at radius 1 is 1.33 bits per heavy atom. The van der Waals surface area contributed by atoms with Crippen LogP contribution in [0.3, 0.4) is 0 Å². The third-order valence-corrected chi connectivity index (χ3v) is 3.79. The fourth-order valence-corrected chi connectivity index (χ4v) is 3.04. The molecule has 0 aliphatic heterocycles. The van der Waals surface area contributed by atoms with Gasteiger partial charge in [-0.2, -0.15) is 0 Å². The van der Waals surface area contributed by atoms with E-state index in [9.17, 15) is 4.79 Å². The Hall–Kier alpha value is -0.530. The zero-order valence-corrected chi connectivity index (χ0v) is 7.49. The fourth-order valence-electron chi connectivity index (χ4n) is 3.04. The molecule has 2 aliphatic carbocycles. The molecule has 0 saturated heterocycles. The van der Waals surface area contributed by atoms with E-state index < -0.39 is 5.97 Å². The summed E-state index contributed by atoms with van der Waals surface area (Å²) in [6.07, 6.45) is 4.64. The van der Waals surface area contributed by atoms with Gasteiger partial charge in [0.25, 0.3) is 0 Å². The summed E-state index contributed by atoms with van der Waals surface area (Å²) in [7, 11) is 0. The number of carboxylic acids is 1. The lowest BCUT2D eigenvalue weighted by Gasteiger charge is -2.26. The summed E-state index contributed by atoms with van der Waals surface area (Å²) in [4.78, 5) is 10.9. The molecule has 0 heterocycles. The Morgan fingerprint density at radius 3 is 2.75 bits per heavy atom. The van der Waals surface area contributed by atoms with E-state index in [1.165, 1.54) is 19.3 Å². The lowest BCUT2D eigenvalue weighted by molar-refractivity contribution is -0.143. The first-order valence-electron chi connectivity index (χ1n) is 4.91. The van der Waals surface area contributed by atoms with Crippen LogP contribution in [-0.4, -0.2) is 11.1 Å². The standard InChI is InChI=1S/C10H16O2/c1-6-2-3-7-4-8(6)9(5-7)10(11)12/h6-9H,2-5H2,1H3,(H,11,12). The number of aliphatic carboxylic acids is 1. The first-order chi connectivity index (χ1) is 5.68. The van der Waals surface area contributed by atoms with Crippen LogP contribution in [0, 0.1) is 23.7 Å². The van der Waals surface area contributed by atoms with Crippen molar-refractivity contribution in [3.8, 4) is 0 Å². The summed E-state index contributed by atoms with van der Waals surface area (Å²) in [5.41, 5.74) is 0. The van der Waals surface area contributed by atoms with Crippen molar-refractivity contribution in [2.75, 3.05) is 0 Å². The van der Waals surface area contributed by atoms with Crippen molar-refractivity contribution < 1.29 is 9.90 Å².